The Morgan fingerprint density at radius 2 is 1.63 bits per heavy atom. The summed E-state index contributed by atoms with van der Waals surface area (Å²) in [4.78, 5) is 0. The van der Waals surface area contributed by atoms with Crippen molar-refractivity contribution in [1.29, 1.82) is 0 Å². The fourth-order valence-corrected chi connectivity index (χ4v) is 2.58. The normalized spacial score (nSPS) is 14.1. The molecule has 1 nitrogen and oxygen atoms in total. The lowest BCUT2D eigenvalue weighted by Gasteiger charge is -2.22. The monoisotopic (exact) mass is 294 g/mol. The maximum atomic E-state index is 10.5. The van der Waals surface area contributed by atoms with Crippen molar-refractivity contribution in [2.45, 2.75) is 25.4 Å². The fourth-order valence-electron chi connectivity index (χ4n) is 2.27. The minimum atomic E-state index is -0.581. The van der Waals surface area contributed by atoms with Crippen LogP contribution in [0.25, 0.3) is 0 Å². The molecular formula is C16H16Cl2O. The van der Waals surface area contributed by atoms with Gasteiger partial charge in [0.05, 0.1) is 16.1 Å². The molecule has 0 fully saturated rings. The van der Waals surface area contributed by atoms with Gasteiger partial charge in [-0.25, -0.2) is 0 Å². The number of hydrogen-bond acceptors (Lipinski definition) is 1. The van der Waals surface area contributed by atoms with Crippen LogP contribution in [-0.4, -0.2) is 5.11 Å². The number of rotatable bonds is 4. The molecule has 3 heteroatoms. The zero-order chi connectivity index (χ0) is 13.8. The predicted octanol–water partition coefficient (Wildman–Crippen LogP) is 5.22. The van der Waals surface area contributed by atoms with E-state index in [9.17, 15) is 5.11 Å². The second-order valence-corrected chi connectivity index (χ2v) is 5.36. The highest BCUT2D eigenvalue weighted by molar-refractivity contribution is 6.42. The van der Waals surface area contributed by atoms with Crippen molar-refractivity contribution in [1.82, 2.24) is 0 Å². The summed E-state index contributed by atoms with van der Waals surface area (Å²) in [7, 11) is 0. The number of halogens is 2. The van der Waals surface area contributed by atoms with Crippen LogP contribution in [0.3, 0.4) is 0 Å². The maximum Gasteiger partial charge on any atom is 0.0858 e. The third-order valence-electron chi connectivity index (χ3n) is 3.33. The first kappa shape index (κ1) is 14.4. The quantitative estimate of drug-likeness (QED) is 0.819. The molecule has 100 valence electrons. The largest absolute Gasteiger partial charge is 0.388 e. The van der Waals surface area contributed by atoms with Crippen LogP contribution < -0.4 is 0 Å². The Hall–Kier alpha value is -1.02. The van der Waals surface area contributed by atoms with Crippen molar-refractivity contribution in [3.8, 4) is 0 Å². The molecule has 2 atom stereocenters. The topological polar surface area (TPSA) is 20.2 Å². The number of aliphatic hydroxyl groups is 1. The van der Waals surface area contributed by atoms with Crippen molar-refractivity contribution >= 4 is 23.2 Å². The Labute approximate surface area is 123 Å². The van der Waals surface area contributed by atoms with Crippen molar-refractivity contribution in [3.05, 3.63) is 69.7 Å². The molecule has 0 aliphatic carbocycles. The maximum absolute atomic E-state index is 10.5. The van der Waals surface area contributed by atoms with Crippen LogP contribution in [0.2, 0.25) is 10.0 Å². The first-order valence-electron chi connectivity index (χ1n) is 6.31. The summed E-state index contributed by atoms with van der Waals surface area (Å²) in [5.74, 6) is 0.0541. The van der Waals surface area contributed by atoms with Crippen molar-refractivity contribution in [2.24, 2.45) is 0 Å². The summed E-state index contributed by atoms with van der Waals surface area (Å²) < 4.78 is 0. The number of benzene rings is 2. The molecule has 2 aromatic carbocycles. The van der Waals surface area contributed by atoms with Crippen LogP contribution in [-0.2, 0) is 0 Å². The fraction of sp³-hybridized carbons (Fsp3) is 0.250. The van der Waals surface area contributed by atoms with Crippen molar-refractivity contribution < 1.29 is 5.11 Å². The van der Waals surface area contributed by atoms with E-state index in [1.165, 1.54) is 0 Å². The van der Waals surface area contributed by atoms with Crippen LogP contribution in [0, 0.1) is 0 Å². The Balaban J connectivity index is 2.30. The standard InChI is InChI=1S/C16H16Cl2O/c1-2-13(11-6-4-3-5-7-11)16(19)12-8-9-14(17)15(18)10-12/h3-10,13,16,19H,2H2,1H3. The molecule has 0 aromatic heterocycles. The van der Waals surface area contributed by atoms with Gasteiger partial charge in [-0.05, 0) is 29.7 Å². The van der Waals surface area contributed by atoms with Crippen molar-refractivity contribution in [3.63, 3.8) is 0 Å². The average molecular weight is 295 g/mol. The van der Waals surface area contributed by atoms with Gasteiger partial charge in [-0.15, -0.1) is 0 Å². The van der Waals surface area contributed by atoms with Crippen LogP contribution in [0.15, 0.2) is 48.5 Å². The molecule has 0 aliphatic rings. The molecule has 0 heterocycles. The lowest BCUT2D eigenvalue weighted by molar-refractivity contribution is 0.142. The molecule has 2 rings (SSSR count). The minimum absolute atomic E-state index is 0.0541. The SMILES string of the molecule is CCC(c1ccccc1)C(O)c1ccc(Cl)c(Cl)c1. The van der Waals surface area contributed by atoms with Gasteiger partial charge in [-0.1, -0.05) is 66.5 Å². The van der Waals surface area contributed by atoms with Gasteiger partial charge in [-0.3, -0.25) is 0 Å². The van der Waals surface area contributed by atoms with E-state index in [1.54, 1.807) is 12.1 Å². The van der Waals surface area contributed by atoms with E-state index in [2.05, 4.69) is 6.92 Å². The Bertz CT molecular complexity index is 540. The minimum Gasteiger partial charge on any atom is -0.388 e. The van der Waals surface area contributed by atoms with E-state index in [0.29, 0.717) is 10.0 Å². The van der Waals surface area contributed by atoms with E-state index in [1.807, 2.05) is 36.4 Å². The molecule has 0 bridgehead atoms. The van der Waals surface area contributed by atoms with E-state index in [0.717, 1.165) is 17.5 Å². The Morgan fingerprint density at radius 3 is 2.21 bits per heavy atom. The molecule has 1 N–H and O–H groups in total. The molecule has 0 spiro atoms. The van der Waals surface area contributed by atoms with Crippen LogP contribution in [0.4, 0.5) is 0 Å². The average Bonchev–Trinajstić information content (AvgIpc) is 2.44. The first-order chi connectivity index (χ1) is 9.13. The summed E-state index contributed by atoms with van der Waals surface area (Å²) in [5.41, 5.74) is 1.92. The Morgan fingerprint density at radius 1 is 0.947 bits per heavy atom. The van der Waals surface area contributed by atoms with E-state index >= 15 is 0 Å². The van der Waals surface area contributed by atoms with Gasteiger partial charge in [0.25, 0.3) is 0 Å². The second kappa shape index (κ2) is 6.42. The van der Waals surface area contributed by atoms with E-state index in [4.69, 9.17) is 23.2 Å². The predicted molar refractivity (Wildman–Crippen MR) is 80.9 cm³/mol. The Kier molecular flexibility index (Phi) is 4.87. The summed E-state index contributed by atoms with van der Waals surface area (Å²) in [6.45, 7) is 2.07. The van der Waals surface area contributed by atoms with Crippen LogP contribution >= 0.6 is 23.2 Å². The zero-order valence-corrected chi connectivity index (χ0v) is 12.2. The molecule has 0 saturated heterocycles. The van der Waals surface area contributed by atoms with Gasteiger partial charge in [-0.2, -0.15) is 0 Å². The second-order valence-electron chi connectivity index (χ2n) is 4.54. The van der Waals surface area contributed by atoms with E-state index in [-0.39, 0.29) is 5.92 Å². The lowest BCUT2D eigenvalue weighted by atomic mass is 9.87. The van der Waals surface area contributed by atoms with Crippen LogP contribution in [0.1, 0.15) is 36.5 Å². The van der Waals surface area contributed by atoms with Gasteiger partial charge >= 0.3 is 0 Å². The highest BCUT2D eigenvalue weighted by Crippen LogP contribution is 2.35. The summed E-state index contributed by atoms with van der Waals surface area (Å²) >= 11 is 11.9. The van der Waals surface area contributed by atoms with E-state index < -0.39 is 6.10 Å². The van der Waals surface area contributed by atoms with Gasteiger partial charge in [0.15, 0.2) is 0 Å². The summed E-state index contributed by atoms with van der Waals surface area (Å²) in [6, 6.07) is 15.3. The molecule has 0 radical (unpaired) electrons. The molecule has 0 aliphatic heterocycles. The van der Waals surface area contributed by atoms with Crippen molar-refractivity contribution in [2.75, 3.05) is 0 Å². The third kappa shape index (κ3) is 3.30. The molecule has 0 saturated carbocycles. The molecule has 0 amide bonds. The summed E-state index contributed by atoms with van der Waals surface area (Å²) in [5, 5.41) is 11.5. The van der Waals surface area contributed by atoms with Gasteiger partial charge in [0.1, 0.15) is 0 Å². The molecule has 2 unspecified atom stereocenters. The highest BCUT2D eigenvalue weighted by atomic mass is 35.5. The zero-order valence-electron chi connectivity index (χ0n) is 10.7. The van der Waals surface area contributed by atoms with Gasteiger partial charge in [0, 0.05) is 5.92 Å². The van der Waals surface area contributed by atoms with Gasteiger partial charge < -0.3 is 5.11 Å². The number of hydrogen-bond donors (Lipinski definition) is 1. The van der Waals surface area contributed by atoms with Crippen LogP contribution in [0.5, 0.6) is 0 Å². The lowest BCUT2D eigenvalue weighted by Crippen LogP contribution is -2.10. The first-order valence-corrected chi connectivity index (χ1v) is 7.07. The summed E-state index contributed by atoms with van der Waals surface area (Å²) in [6.07, 6.45) is 0.271. The van der Waals surface area contributed by atoms with Gasteiger partial charge in [0.2, 0.25) is 0 Å². The third-order valence-corrected chi connectivity index (χ3v) is 4.07. The molecular weight excluding hydrogens is 279 g/mol. The highest BCUT2D eigenvalue weighted by Gasteiger charge is 2.21. The molecule has 2 aromatic rings. The molecule has 19 heavy (non-hydrogen) atoms. The smallest absolute Gasteiger partial charge is 0.0858 e. The number of aliphatic hydroxyl groups excluding tert-OH is 1.